The Labute approximate surface area is 162 Å². The lowest BCUT2D eigenvalue weighted by atomic mass is 9.97. The number of nitrogens with zero attached hydrogens (tertiary/aromatic N) is 2. The lowest BCUT2D eigenvalue weighted by Crippen LogP contribution is -2.36. The summed E-state index contributed by atoms with van der Waals surface area (Å²) < 4.78 is 46.9. The Bertz CT molecular complexity index is 811. The first-order valence-corrected chi connectivity index (χ1v) is 9.05. The molecular weight excluding hydrogens is 429 g/mol. The number of aromatic nitrogens is 2. The fourth-order valence-corrected chi connectivity index (χ4v) is 3.54. The topological polar surface area (TPSA) is 68.2 Å². The molecule has 1 aliphatic rings. The Balaban J connectivity index is 1.96. The number of carbonyl (C=O) groups excluding carboxylic acids is 1. The summed E-state index contributed by atoms with van der Waals surface area (Å²) in [6.45, 7) is 0.517. The second-order valence-electron chi connectivity index (χ2n) is 6.11. The SMILES string of the molecule is COCCNC(=O)c1nn2c(c1Br)N[C@H](c1ccccc1)C[C@H]2C(F)(F)F. The number of hydrogen-bond acceptors (Lipinski definition) is 4. The van der Waals surface area contributed by atoms with E-state index in [1.165, 1.54) is 7.11 Å². The highest BCUT2D eigenvalue weighted by molar-refractivity contribution is 9.10. The van der Waals surface area contributed by atoms with Crippen molar-refractivity contribution in [3.05, 3.63) is 46.1 Å². The largest absolute Gasteiger partial charge is 0.410 e. The Kier molecular flexibility index (Phi) is 5.75. The average molecular weight is 447 g/mol. The van der Waals surface area contributed by atoms with Gasteiger partial charge in [-0.1, -0.05) is 30.3 Å². The standard InChI is InChI=1S/C17H18BrF3N4O2/c1-27-8-7-22-16(26)14-13(18)15-23-11(10-5-3-2-4-6-10)9-12(17(19,20)21)25(15)24-14/h2-6,11-12,23H,7-9H2,1H3,(H,22,26)/t11-,12-/m0/s1. The van der Waals surface area contributed by atoms with Crippen molar-refractivity contribution in [2.75, 3.05) is 25.6 Å². The van der Waals surface area contributed by atoms with Gasteiger partial charge in [-0.15, -0.1) is 0 Å². The third-order valence-electron chi connectivity index (χ3n) is 4.30. The van der Waals surface area contributed by atoms with E-state index >= 15 is 0 Å². The van der Waals surface area contributed by atoms with Crippen molar-refractivity contribution in [3.63, 3.8) is 0 Å². The number of rotatable bonds is 5. The predicted molar refractivity (Wildman–Crippen MR) is 96.7 cm³/mol. The minimum absolute atomic E-state index is 0.100. The van der Waals surface area contributed by atoms with Crippen LogP contribution in [0.15, 0.2) is 34.8 Å². The molecule has 0 bridgehead atoms. The molecule has 0 radical (unpaired) electrons. The number of benzene rings is 1. The van der Waals surface area contributed by atoms with E-state index in [4.69, 9.17) is 4.74 Å². The summed E-state index contributed by atoms with van der Waals surface area (Å²) in [6.07, 6.45) is -4.72. The van der Waals surface area contributed by atoms with Crippen molar-refractivity contribution in [1.29, 1.82) is 0 Å². The van der Waals surface area contributed by atoms with Crippen LogP contribution in [0, 0.1) is 0 Å². The van der Waals surface area contributed by atoms with E-state index < -0.39 is 24.2 Å². The maximum Gasteiger partial charge on any atom is 0.410 e. The van der Waals surface area contributed by atoms with Crippen LogP contribution < -0.4 is 10.6 Å². The monoisotopic (exact) mass is 446 g/mol. The third kappa shape index (κ3) is 4.11. The van der Waals surface area contributed by atoms with Crippen molar-refractivity contribution >= 4 is 27.7 Å². The molecule has 2 atom stereocenters. The first-order valence-electron chi connectivity index (χ1n) is 8.26. The normalized spacial score (nSPS) is 19.3. The van der Waals surface area contributed by atoms with Crippen LogP contribution in [0.1, 0.15) is 34.6 Å². The van der Waals surface area contributed by atoms with Crippen LogP contribution in [-0.4, -0.2) is 42.1 Å². The van der Waals surface area contributed by atoms with Crippen LogP contribution in [0.4, 0.5) is 19.0 Å². The summed E-state index contributed by atoms with van der Waals surface area (Å²) >= 11 is 3.24. The fourth-order valence-electron chi connectivity index (χ4n) is 2.99. The molecular formula is C17H18BrF3N4O2. The highest BCUT2D eigenvalue weighted by Gasteiger charge is 2.47. The van der Waals surface area contributed by atoms with Gasteiger partial charge in [0.2, 0.25) is 0 Å². The van der Waals surface area contributed by atoms with Gasteiger partial charge in [-0.3, -0.25) is 4.79 Å². The Morgan fingerprint density at radius 2 is 2.11 bits per heavy atom. The molecule has 3 rings (SSSR count). The minimum atomic E-state index is -4.50. The summed E-state index contributed by atoms with van der Waals surface area (Å²) in [5, 5.41) is 9.58. The zero-order valence-electron chi connectivity index (χ0n) is 14.4. The van der Waals surface area contributed by atoms with Crippen LogP contribution in [0.25, 0.3) is 0 Å². The van der Waals surface area contributed by atoms with Gasteiger partial charge in [0.05, 0.1) is 17.1 Å². The molecule has 0 saturated heterocycles. The van der Waals surface area contributed by atoms with Crippen molar-refractivity contribution in [2.45, 2.75) is 24.7 Å². The van der Waals surface area contributed by atoms with Gasteiger partial charge in [0, 0.05) is 20.1 Å². The second-order valence-corrected chi connectivity index (χ2v) is 6.90. The Morgan fingerprint density at radius 1 is 1.41 bits per heavy atom. The summed E-state index contributed by atoms with van der Waals surface area (Å²) in [5.41, 5.74) is 0.633. The quantitative estimate of drug-likeness (QED) is 0.687. The summed E-state index contributed by atoms with van der Waals surface area (Å²) in [5.74, 6) is -0.436. The van der Waals surface area contributed by atoms with Gasteiger partial charge in [-0.05, 0) is 21.5 Å². The molecule has 2 N–H and O–H groups in total. The van der Waals surface area contributed by atoms with Gasteiger partial charge in [0.15, 0.2) is 11.7 Å². The number of anilines is 1. The smallest absolute Gasteiger partial charge is 0.383 e. The summed E-state index contributed by atoms with van der Waals surface area (Å²) in [7, 11) is 1.49. The number of halogens is 4. The van der Waals surface area contributed by atoms with E-state index in [9.17, 15) is 18.0 Å². The maximum absolute atomic E-state index is 13.7. The fraction of sp³-hybridized carbons (Fsp3) is 0.412. The number of alkyl halides is 3. The highest BCUT2D eigenvalue weighted by atomic mass is 79.9. The molecule has 0 unspecified atom stereocenters. The van der Waals surface area contributed by atoms with Gasteiger partial charge in [0.1, 0.15) is 5.82 Å². The lowest BCUT2D eigenvalue weighted by Gasteiger charge is -2.33. The Hall–Kier alpha value is -2.07. The molecule has 0 saturated carbocycles. The molecule has 0 aliphatic carbocycles. The van der Waals surface area contributed by atoms with Crippen LogP contribution in [0.3, 0.4) is 0 Å². The van der Waals surface area contributed by atoms with Gasteiger partial charge in [-0.2, -0.15) is 18.3 Å². The number of amides is 1. The van der Waals surface area contributed by atoms with Crippen LogP contribution in [0.5, 0.6) is 0 Å². The van der Waals surface area contributed by atoms with Crippen molar-refractivity contribution in [3.8, 4) is 0 Å². The van der Waals surface area contributed by atoms with E-state index in [0.29, 0.717) is 0 Å². The van der Waals surface area contributed by atoms with E-state index in [-0.39, 0.29) is 35.6 Å². The number of fused-ring (bicyclic) bond motifs is 1. The first-order chi connectivity index (χ1) is 12.8. The van der Waals surface area contributed by atoms with Crippen LogP contribution in [0.2, 0.25) is 0 Å². The zero-order valence-corrected chi connectivity index (χ0v) is 16.0. The van der Waals surface area contributed by atoms with Gasteiger partial charge >= 0.3 is 6.18 Å². The first kappa shape index (κ1) is 19.7. The molecule has 1 amide bonds. The molecule has 0 spiro atoms. The molecule has 10 heteroatoms. The van der Waals surface area contributed by atoms with Crippen LogP contribution in [-0.2, 0) is 4.74 Å². The molecule has 1 aromatic carbocycles. The maximum atomic E-state index is 13.7. The predicted octanol–water partition coefficient (Wildman–Crippen LogP) is 3.68. The van der Waals surface area contributed by atoms with Gasteiger partial charge in [0.25, 0.3) is 5.91 Å². The second kappa shape index (κ2) is 7.89. The highest BCUT2D eigenvalue weighted by Crippen LogP contribution is 2.46. The van der Waals surface area contributed by atoms with Gasteiger partial charge < -0.3 is 15.4 Å². The number of nitrogens with one attached hydrogen (secondary N) is 2. The summed E-state index contributed by atoms with van der Waals surface area (Å²) in [6, 6.07) is 6.49. The molecule has 146 valence electrons. The number of ether oxygens (including phenoxy) is 1. The zero-order chi connectivity index (χ0) is 19.6. The number of carbonyl (C=O) groups is 1. The Morgan fingerprint density at radius 3 is 2.74 bits per heavy atom. The average Bonchev–Trinajstić information content (AvgIpc) is 2.98. The van der Waals surface area contributed by atoms with Crippen molar-refractivity contribution in [2.24, 2.45) is 0 Å². The number of methoxy groups -OCH3 is 1. The molecule has 27 heavy (non-hydrogen) atoms. The van der Waals surface area contributed by atoms with E-state index in [1.807, 2.05) is 0 Å². The van der Waals surface area contributed by atoms with E-state index in [1.54, 1.807) is 30.3 Å². The van der Waals surface area contributed by atoms with Crippen LogP contribution >= 0.6 is 15.9 Å². The van der Waals surface area contributed by atoms with E-state index in [0.717, 1.165) is 10.2 Å². The summed E-state index contributed by atoms with van der Waals surface area (Å²) in [4.78, 5) is 12.3. The molecule has 2 aromatic rings. The lowest BCUT2D eigenvalue weighted by molar-refractivity contribution is -0.173. The molecule has 1 aliphatic heterocycles. The minimum Gasteiger partial charge on any atom is -0.383 e. The third-order valence-corrected chi connectivity index (χ3v) is 5.06. The molecule has 2 heterocycles. The molecule has 1 aromatic heterocycles. The van der Waals surface area contributed by atoms with Crippen molar-refractivity contribution in [1.82, 2.24) is 15.1 Å². The van der Waals surface area contributed by atoms with Gasteiger partial charge in [-0.25, -0.2) is 4.68 Å². The number of hydrogen-bond donors (Lipinski definition) is 2. The molecule has 0 fully saturated rings. The molecule has 6 nitrogen and oxygen atoms in total. The van der Waals surface area contributed by atoms with E-state index in [2.05, 4.69) is 31.7 Å². The van der Waals surface area contributed by atoms with Crippen molar-refractivity contribution < 1.29 is 22.7 Å².